The van der Waals surface area contributed by atoms with Crippen LogP contribution in [0.4, 0.5) is 4.79 Å². The summed E-state index contributed by atoms with van der Waals surface area (Å²) < 4.78 is 0. The van der Waals surface area contributed by atoms with Crippen molar-refractivity contribution in [1.82, 2.24) is 4.90 Å². The smallest absolute Gasteiger partial charge is 0.719 e. The minimum Gasteiger partial charge on any atom is -0.719 e. The Bertz CT molecular complexity index is 122. The Hall–Kier alpha value is 1.33. The molecule has 4 heteroatoms. The van der Waals surface area contributed by atoms with Crippen molar-refractivity contribution in [2.45, 2.75) is 32.6 Å². The van der Waals surface area contributed by atoms with Crippen LogP contribution in [0, 0.1) is 0 Å². The molecule has 0 aliphatic rings. The average Bonchev–Trinajstić information content (AvgIpc) is 1.97. The molecule has 0 aliphatic carbocycles. The third-order valence-corrected chi connectivity index (χ3v) is 1.97. The molecule has 2 nitrogen and oxygen atoms in total. The van der Waals surface area contributed by atoms with Crippen LogP contribution in [0.3, 0.4) is 0 Å². The molecule has 1 amide bonds. The van der Waals surface area contributed by atoms with E-state index in [2.05, 4.69) is 19.6 Å². The Labute approximate surface area is 123 Å². The molecule has 0 aromatic rings. The van der Waals surface area contributed by atoms with Crippen LogP contribution in [0.15, 0.2) is 0 Å². The Morgan fingerprint density at radius 1 is 1.33 bits per heavy atom. The van der Waals surface area contributed by atoms with Crippen LogP contribution in [-0.4, -0.2) is 23.7 Å². The first-order chi connectivity index (χ1) is 5.18. The van der Waals surface area contributed by atoms with Gasteiger partial charge in [-0.3, -0.25) is 0 Å². The minimum absolute atomic E-state index is 0. The van der Waals surface area contributed by atoms with E-state index >= 15 is 0 Å². The Morgan fingerprint density at radius 2 is 1.92 bits per heavy atom. The number of unbranched alkanes of at least 4 members (excludes halogenated alkanes) is 3. The molecule has 0 saturated carbocycles. The molecule has 0 saturated heterocycles. The first kappa shape index (κ1) is 15.8. The zero-order valence-electron chi connectivity index (χ0n) is 8.30. The quantitative estimate of drug-likeness (QED) is 0.337. The second-order valence-corrected chi connectivity index (χ2v) is 3.10. The van der Waals surface area contributed by atoms with Crippen LogP contribution in [0.5, 0.6) is 0 Å². The van der Waals surface area contributed by atoms with Gasteiger partial charge in [0.05, 0.1) is 0 Å². The van der Waals surface area contributed by atoms with Gasteiger partial charge in [-0.25, -0.2) is 0 Å². The van der Waals surface area contributed by atoms with E-state index in [0.717, 1.165) is 13.0 Å². The van der Waals surface area contributed by atoms with E-state index in [9.17, 15) is 4.79 Å². The van der Waals surface area contributed by atoms with Crippen LogP contribution in [-0.2, 0) is 12.6 Å². The molecule has 0 aromatic carbocycles. The molecule has 66 valence electrons. The molecule has 0 heterocycles. The fourth-order valence-corrected chi connectivity index (χ4v) is 0.958. The van der Waals surface area contributed by atoms with E-state index in [1.165, 1.54) is 19.3 Å². The summed E-state index contributed by atoms with van der Waals surface area (Å²) in [6.45, 7) is 2.98. The number of nitrogens with zero attached hydrogens (tertiary/aromatic N) is 1. The molecule has 0 spiro atoms. The maximum Gasteiger partial charge on any atom is 1.00 e. The van der Waals surface area contributed by atoms with Crippen LogP contribution in [0.1, 0.15) is 32.6 Å². The maximum absolute atomic E-state index is 10.5. The van der Waals surface area contributed by atoms with Crippen LogP contribution >= 0.6 is 0 Å². The summed E-state index contributed by atoms with van der Waals surface area (Å²) in [5, 5.41) is -0.249. The van der Waals surface area contributed by atoms with Gasteiger partial charge in [0.15, 0.2) is 0 Å². The first-order valence-corrected chi connectivity index (χ1v) is 4.51. The fourth-order valence-electron chi connectivity index (χ4n) is 0.867. The Morgan fingerprint density at radius 3 is 2.33 bits per heavy atom. The molecule has 12 heavy (non-hydrogen) atoms. The van der Waals surface area contributed by atoms with Crippen molar-refractivity contribution in [3.05, 3.63) is 0 Å². The molecule has 0 bridgehead atoms. The van der Waals surface area contributed by atoms with Gasteiger partial charge in [-0.15, -0.1) is 0 Å². The van der Waals surface area contributed by atoms with Crippen molar-refractivity contribution in [2.24, 2.45) is 0 Å². The molecular weight excluding hydrogens is 197 g/mol. The van der Waals surface area contributed by atoms with Crippen LogP contribution < -0.4 is 51.4 Å². The summed E-state index contributed by atoms with van der Waals surface area (Å²) in [6, 6.07) is 0. The molecule has 0 rings (SSSR count). The molecule has 0 unspecified atom stereocenters. The van der Waals surface area contributed by atoms with Crippen molar-refractivity contribution in [3.8, 4) is 0 Å². The van der Waals surface area contributed by atoms with Gasteiger partial charge in [0, 0.05) is 13.6 Å². The molecule has 0 N–H and O–H groups in total. The SMILES string of the molecule is CCCCCCN(C)C(=O)[S-].[K+]. The van der Waals surface area contributed by atoms with Crippen LogP contribution in [0.2, 0.25) is 0 Å². The van der Waals surface area contributed by atoms with Crippen molar-refractivity contribution in [1.29, 1.82) is 0 Å². The summed E-state index contributed by atoms with van der Waals surface area (Å²) in [4.78, 5) is 12.1. The second-order valence-electron chi connectivity index (χ2n) is 2.75. The second kappa shape index (κ2) is 10.4. The Balaban J connectivity index is 0. The summed E-state index contributed by atoms with van der Waals surface area (Å²) in [5.74, 6) is 0. The van der Waals surface area contributed by atoms with Gasteiger partial charge in [-0.05, 0) is 6.42 Å². The van der Waals surface area contributed by atoms with E-state index in [1.807, 2.05) is 0 Å². The summed E-state index contributed by atoms with van der Waals surface area (Å²) in [6.07, 6.45) is 4.75. The van der Waals surface area contributed by atoms with Gasteiger partial charge in [0.1, 0.15) is 5.24 Å². The van der Waals surface area contributed by atoms with Crippen molar-refractivity contribution < 1.29 is 56.2 Å². The average molecular weight is 213 g/mol. The summed E-state index contributed by atoms with van der Waals surface area (Å²) in [7, 11) is 1.75. The monoisotopic (exact) mass is 213 g/mol. The van der Waals surface area contributed by atoms with E-state index < -0.39 is 0 Å². The number of carbonyl (C=O) groups is 1. The number of hydrogen-bond acceptors (Lipinski definition) is 2. The zero-order valence-corrected chi connectivity index (χ0v) is 12.2. The Kier molecular flexibility index (Phi) is 13.7. The zero-order chi connectivity index (χ0) is 8.69. The standard InChI is InChI=1S/C8H17NOS.K/c1-3-4-5-6-7-9(2)8(10)11;/h3-7H2,1-2H3,(H,10,11);/q;+1/p-1. The topological polar surface area (TPSA) is 20.3 Å². The van der Waals surface area contributed by atoms with E-state index in [-0.39, 0.29) is 56.6 Å². The molecular formula is C8H16KNOS. The first-order valence-electron chi connectivity index (χ1n) is 4.10. The number of carbonyl (C=O) groups excluding carboxylic acids is 1. The van der Waals surface area contributed by atoms with Gasteiger partial charge in [-0.1, -0.05) is 26.2 Å². The van der Waals surface area contributed by atoms with Crippen molar-refractivity contribution in [3.63, 3.8) is 0 Å². The summed E-state index contributed by atoms with van der Waals surface area (Å²) in [5.41, 5.74) is 0. The largest absolute Gasteiger partial charge is 1.00 e. The molecule has 0 fully saturated rings. The van der Waals surface area contributed by atoms with E-state index in [4.69, 9.17) is 0 Å². The predicted molar refractivity (Wildman–Crippen MR) is 49.5 cm³/mol. The molecule has 0 atom stereocenters. The van der Waals surface area contributed by atoms with Crippen molar-refractivity contribution in [2.75, 3.05) is 13.6 Å². The van der Waals surface area contributed by atoms with Gasteiger partial charge < -0.3 is 22.3 Å². The van der Waals surface area contributed by atoms with E-state index in [0.29, 0.717) is 0 Å². The predicted octanol–water partition coefficient (Wildman–Crippen LogP) is -0.831. The third kappa shape index (κ3) is 9.41. The van der Waals surface area contributed by atoms with Gasteiger partial charge >= 0.3 is 51.4 Å². The number of hydrogen-bond donors (Lipinski definition) is 0. The van der Waals surface area contributed by atoms with Gasteiger partial charge in [0.25, 0.3) is 0 Å². The van der Waals surface area contributed by atoms with Gasteiger partial charge in [0.2, 0.25) is 0 Å². The van der Waals surface area contributed by atoms with Gasteiger partial charge in [-0.2, -0.15) is 0 Å². The third-order valence-electron chi connectivity index (χ3n) is 1.66. The van der Waals surface area contributed by atoms with Crippen LogP contribution in [0.25, 0.3) is 0 Å². The minimum atomic E-state index is -0.249. The maximum atomic E-state index is 10.5. The van der Waals surface area contributed by atoms with Crippen molar-refractivity contribution >= 4 is 17.9 Å². The molecule has 0 aliphatic heterocycles. The van der Waals surface area contributed by atoms with E-state index in [1.54, 1.807) is 11.9 Å². The number of amides is 1. The normalized spacial score (nSPS) is 8.83. The number of rotatable bonds is 5. The summed E-state index contributed by atoms with van der Waals surface area (Å²) >= 11 is 4.47. The molecule has 0 aromatic heterocycles. The molecule has 0 radical (unpaired) electrons. The fraction of sp³-hybridized carbons (Fsp3) is 0.875.